The summed E-state index contributed by atoms with van der Waals surface area (Å²) in [5.74, 6) is -0.0459. The molecular weight excluding hydrogens is 212 g/mol. The zero-order valence-electron chi connectivity index (χ0n) is 10.3. The van der Waals surface area contributed by atoms with E-state index in [-0.39, 0.29) is 5.91 Å². The Balaban J connectivity index is 2.65. The van der Waals surface area contributed by atoms with E-state index < -0.39 is 0 Å². The fourth-order valence-corrected chi connectivity index (χ4v) is 1.44. The van der Waals surface area contributed by atoms with Gasteiger partial charge >= 0.3 is 0 Å². The molecule has 0 aliphatic rings. The van der Waals surface area contributed by atoms with Gasteiger partial charge in [0.1, 0.15) is 0 Å². The van der Waals surface area contributed by atoms with Crippen LogP contribution in [0.25, 0.3) is 6.08 Å². The Bertz CT molecular complexity index is 449. The minimum Gasteiger partial charge on any atom is -0.399 e. The van der Waals surface area contributed by atoms with E-state index in [1.165, 1.54) is 6.08 Å². The van der Waals surface area contributed by atoms with Crippen molar-refractivity contribution in [2.75, 3.05) is 19.3 Å². The Morgan fingerprint density at radius 1 is 1.53 bits per heavy atom. The molecule has 0 unspecified atom stereocenters. The number of carbonyl (C=O) groups excluding carboxylic acids is 1. The molecule has 1 aromatic carbocycles. The maximum absolute atomic E-state index is 11.7. The molecule has 3 heteroatoms. The highest BCUT2D eigenvalue weighted by atomic mass is 16.2. The van der Waals surface area contributed by atoms with Crippen molar-refractivity contribution in [3.8, 4) is 0 Å². The van der Waals surface area contributed by atoms with Crippen LogP contribution in [0.15, 0.2) is 42.5 Å². The summed E-state index contributed by atoms with van der Waals surface area (Å²) in [5, 5.41) is 0. The molecule has 0 atom stereocenters. The first kappa shape index (κ1) is 13.0. The van der Waals surface area contributed by atoms with Gasteiger partial charge < -0.3 is 10.6 Å². The van der Waals surface area contributed by atoms with Crippen molar-refractivity contribution in [1.82, 2.24) is 4.90 Å². The zero-order chi connectivity index (χ0) is 12.8. The highest BCUT2D eigenvalue weighted by Gasteiger charge is 2.03. The quantitative estimate of drug-likeness (QED) is 0.490. The fraction of sp³-hybridized carbons (Fsp3) is 0.214. The van der Waals surface area contributed by atoms with Crippen molar-refractivity contribution >= 4 is 17.7 Å². The molecule has 0 bridgehead atoms. The molecule has 1 amide bonds. The van der Waals surface area contributed by atoms with Gasteiger partial charge in [0.25, 0.3) is 0 Å². The third-order valence-corrected chi connectivity index (χ3v) is 2.21. The molecule has 0 saturated carbocycles. The first-order chi connectivity index (χ1) is 7.99. The van der Waals surface area contributed by atoms with Crippen LogP contribution >= 0.6 is 0 Å². The van der Waals surface area contributed by atoms with E-state index in [9.17, 15) is 4.79 Å². The Hall–Kier alpha value is -2.03. The molecule has 0 aliphatic heterocycles. The van der Waals surface area contributed by atoms with Gasteiger partial charge in [-0.3, -0.25) is 4.79 Å². The first-order valence-corrected chi connectivity index (χ1v) is 5.42. The van der Waals surface area contributed by atoms with Crippen molar-refractivity contribution in [3.05, 3.63) is 48.1 Å². The van der Waals surface area contributed by atoms with Gasteiger partial charge in [-0.1, -0.05) is 24.3 Å². The molecule has 90 valence electrons. The smallest absolute Gasteiger partial charge is 0.246 e. The lowest BCUT2D eigenvalue weighted by molar-refractivity contribution is -0.124. The maximum atomic E-state index is 11.7. The molecule has 0 spiro atoms. The lowest BCUT2D eigenvalue weighted by Gasteiger charge is -2.14. The lowest BCUT2D eigenvalue weighted by atomic mass is 10.2. The number of anilines is 1. The summed E-state index contributed by atoms with van der Waals surface area (Å²) in [5.41, 5.74) is 8.21. The van der Waals surface area contributed by atoms with Crippen molar-refractivity contribution in [1.29, 1.82) is 0 Å². The van der Waals surface area contributed by atoms with E-state index >= 15 is 0 Å². The average molecular weight is 230 g/mol. The van der Waals surface area contributed by atoms with E-state index in [0.29, 0.717) is 12.2 Å². The summed E-state index contributed by atoms with van der Waals surface area (Å²) in [6.45, 7) is 6.24. The van der Waals surface area contributed by atoms with E-state index in [4.69, 9.17) is 5.73 Å². The van der Waals surface area contributed by atoms with Crippen LogP contribution in [0.2, 0.25) is 0 Å². The molecule has 2 N–H and O–H groups in total. The van der Waals surface area contributed by atoms with Crippen molar-refractivity contribution in [2.24, 2.45) is 0 Å². The average Bonchev–Trinajstić information content (AvgIpc) is 2.25. The Morgan fingerprint density at radius 3 is 2.82 bits per heavy atom. The second-order valence-electron chi connectivity index (χ2n) is 4.15. The predicted molar refractivity (Wildman–Crippen MR) is 72.3 cm³/mol. The normalized spacial score (nSPS) is 10.5. The van der Waals surface area contributed by atoms with Crippen LogP contribution in [-0.2, 0) is 4.79 Å². The van der Waals surface area contributed by atoms with E-state index in [1.807, 2.05) is 31.2 Å². The number of amides is 1. The fourth-order valence-electron chi connectivity index (χ4n) is 1.44. The van der Waals surface area contributed by atoms with Crippen LogP contribution in [0, 0.1) is 0 Å². The standard InChI is InChI=1S/C14H18N2O/c1-11(2)10-16(3)14(17)8-7-12-5-4-6-13(15)9-12/h4-9H,1,10,15H2,2-3H3/b8-7+. The third-order valence-electron chi connectivity index (χ3n) is 2.21. The van der Waals surface area contributed by atoms with Gasteiger partial charge in [-0.2, -0.15) is 0 Å². The van der Waals surface area contributed by atoms with Crippen LogP contribution in [0.5, 0.6) is 0 Å². The SMILES string of the molecule is C=C(C)CN(C)C(=O)/C=C/c1cccc(N)c1. The molecule has 1 aromatic rings. The number of rotatable bonds is 4. The molecule has 17 heavy (non-hydrogen) atoms. The zero-order valence-corrected chi connectivity index (χ0v) is 10.3. The van der Waals surface area contributed by atoms with Crippen LogP contribution in [-0.4, -0.2) is 24.4 Å². The van der Waals surface area contributed by atoms with Crippen molar-refractivity contribution in [3.63, 3.8) is 0 Å². The van der Waals surface area contributed by atoms with Crippen LogP contribution in [0.3, 0.4) is 0 Å². The van der Waals surface area contributed by atoms with Gasteiger partial charge in [-0.25, -0.2) is 0 Å². The van der Waals surface area contributed by atoms with Gasteiger partial charge in [-0.05, 0) is 30.7 Å². The lowest BCUT2D eigenvalue weighted by Crippen LogP contribution is -2.26. The second-order valence-corrected chi connectivity index (χ2v) is 4.15. The largest absolute Gasteiger partial charge is 0.399 e. The summed E-state index contributed by atoms with van der Waals surface area (Å²) < 4.78 is 0. The monoisotopic (exact) mass is 230 g/mol. The molecule has 0 fully saturated rings. The number of carbonyl (C=O) groups is 1. The third kappa shape index (κ3) is 4.55. The van der Waals surface area contributed by atoms with E-state index in [0.717, 1.165) is 11.1 Å². The second kappa shape index (κ2) is 5.89. The summed E-state index contributed by atoms with van der Waals surface area (Å²) >= 11 is 0. The van der Waals surface area contributed by atoms with Crippen molar-refractivity contribution in [2.45, 2.75) is 6.92 Å². The van der Waals surface area contributed by atoms with E-state index in [2.05, 4.69) is 6.58 Å². The van der Waals surface area contributed by atoms with Gasteiger partial charge in [0, 0.05) is 25.4 Å². The van der Waals surface area contributed by atoms with Gasteiger partial charge in [-0.15, -0.1) is 0 Å². The number of benzene rings is 1. The molecule has 0 saturated heterocycles. The molecule has 0 radical (unpaired) electrons. The number of nitrogens with zero attached hydrogens (tertiary/aromatic N) is 1. The summed E-state index contributed by atoms with van der Waals surface area (Å²) in [7, 11) is 1.75. The predicted octanol–water partition coefficient (Wildman–Crippen LogP) is 2.32. The summed E-state index contributed by atoms with van der Waals surface area (Å²) in [6.07, 6.45) is 3.30. The molecule has 0 aliphatic carbocycles. The number of likely N-dealkylation sites (N-methyl/N-ethyl adjacent to an activating group) is 1. The minimum absolute atomic E-state index is 0.0459. The number of hydrogen-bond acceptors (Lipinski definition) is 2. The van der Waals surface area contributed by atoms with Crippen molar-refractivity contribution < 1.29 is 4.79 Å². The van der Waals surface area contributed by atoms with Crippen LogP contribution < -0.4 is 5.73 Å². The maximum Gasteiger partial charge on any atom is 0.246 e. The first-order valence-electron chi connectivity index (χ1n) is 5.42. The number of nitrogen functional groups attached to an aromatic ring is 1. The summed E-state index contributed by atoms with van der Waals surface area (Å²) in [4.78, 5) is 13.3. The molecular formula is C14H18N2O. The topological polar surface area (TPSA) is 46.3 Å². The molecule has 1 rings (SSSR count). The van der Waals surface area contributed by atoms with Gasteiger partial charge in [0.15, 0.2) is 0 Å². The molecule has 0 heterocycles. The number of nitrogens with two attached hydrogens (primary N) is 1. The molecule has 3 nitrogen and oxygen atoms in total. The van der Waals surface area contributed by atoms with Gasteiger partial charge in [0.05, 0.1) is 0 Å². The van der Waals surface area contributed by atoms with E-state index in [1.54, 1.807) is 18.0 Å². The van der Waals surface area contributed by atoms with Crippen LogP contribution in [0.1, 0.15) is 12.5 Å². The highest BCUT2D eigenvalue weighted by Crippen LogP contribution is 2.08. The van der Waals surface area contributed by atoms with Crippen LogP contribution in [0.4, 0.5) is 5.69 Å². The molecule has 0 aromatic heterocycles. The Kier molecular flexibility index (Phi) is 4.52. The Labute approximate surface area is 102 Å². The Morgan fingerprint density at radius 2 is 2.24 bits per heavy atom. The van der Waals surface area contributed by atoms with Gasteiger partial charge in [0.2, 0.25) is 5.91 Å². The number of hydrogen-bond donors (Lipinski definition) is 1. The minimum atomic E-state index is -0.0459. The summed E-state index contributed by atoms with van der Waals surface area (Å²) in [6, 6.07) is 7.39. The highest BCUT2D eigenvalue weighted by molar-refractivity contribution is 5.91.